The summed E-state index contributed by atoms with van der Waals surface area (Å²) in [4.78, 5) is 4.87. The van der Waals surface area contributed by atoms with Gasteiger partial charge in [-0.2, -0.15) is 0 Å². The molecule has 1 heterocycles. The Labute approximate surface area is 158 Å². The molecular formula is C19H28N4S2. The molecule has 0 aliphatic carbocycles. The van der Waals surface area contributed by atoms with E-state index in [-0.39, 0.29) is 0 Å². The second-order valence-electron chi connectivity index (χ2n) is 6.00. The number of nitrogen functional groups attached to an aromatic ring is 2. The first-order valence-electron chi connectivity index (χ1n) is 8.65. The van der Waals surface area contributed by atoms with Crippen molar-refractivity contribution in [3.8, 4) is 0 Å². The van der Waals surface area contributed by atoms with E-state index >= 15 is 0 Å². The van der Waals surface area contributed by atoms with Crippen molar-refractivity contribution in [2.24, 2.45) is 5.73 Å². The Morgan fingerprint density at radius 1 is 0.760 bits per heavy atom. The zero-order chi connectivity index (χ0) is 17.9. The molecule has 0 atom stereocenters. The summed E-state index contributed by atoms with van der Waals surface area (Å²) in [5.41, 5.74) is 18.2. The monoisotopic (exact) mass is 376 g/mol. The Morgan fingerprint density at radius 3 is 1.60 bits per heavy atom. The van der Waals surface area contributed by atoms with Crippen LogP contribution >= 0.6 is 21.6 Å². The molecule has 0 unspecified atom stereocenters. The highest BCUT2D eigenvalue weighted by Gasteiger charge is 2.09. The molecule has 0 spiro atoms. The molecule has 6 N–H and O–H groups in total. The van der Waals surface area contributed by atoms with Gasteiger partial charge in [-0.3, -0.25) is 0 Å². The van der Waals surface area contributed by atoms with Crippen LogP contribution in [0.25, 0.3) is 0 Å². The van der Waals surface area contributed by atoms with Crippen LogP contribution in [0.3, 0.4) is 0 Å². The molecule has 2 aromatic rings. The first-order valence-corrected chi connectivity index (χ1v) is 10.8. The summed E-state index contributed by atoms with van der Waals surface area (Å²) in [6, 6.07) is 15.7. The lowest BCUT2D eigenvalue weighted by molar-refractivity contribution is 0.336. The molecule has 0 radical (unpaired) electrons. The summed E-state index contributed by atoms with van der Waals surface area (Å²) in [6.07, 6.45) is 3.95. The third-order valence-electron chi connectivity index (χ3n) is 3.87. The van der Waals surface area contributed by atoms with Gasteiger partial charge in [-0.25, -0.2) is 0 Å². The lowest BCUT2D eigenvalue weighted by atomic mass is 10.3. The number of anilines is 2. The predicted octanol–water partition coefficient (Wildman–Crippen LogP) is 4.08. The Balaban J connectivity index is 0.000000212. The molecule has 4 nitrogen and oxygen atoms in total. The summed E-state index contributed by atoms with van der Waals surface area (Å²) >= 11 is 0. The van der Waals surface area contributed by atoms with Gasteiger partial charge in [0.25, 0.3) is 0 Å². The van der Waals surface area contributed by atoms with Gasteiger partial charge in [-0.15, -0.1) is 0 Å². The minimum absolute atomic E-state index is 0.793. The van der Waals surface area contributed by atoms with Crippen LogP contribution in [0.4, 0.5) is 11.4 Å². The number of nitrogens with zero attached hydrogens (tertiary/aromatic N) is 1. The van der Waals surface area contributed by atoms with Crippen LogP contribution in [0, 0.1) is 0 Å². The lowest BCUT2D eigenvalue weighted by Crippen LogP contribution is -2.22. The number of benzene rings is 2. The Hall–Kier alpha value is -1.34. The SMILES string of the molecule is NCCCN1CCCC1.Nc1ccc(SSc2ccc(N)cc2)cc1. The van der Waals surface area contributed by atoms with Crippen molar-refractivity contribution in [2.75, 3.05) is 37.6 Å². The quantitative estimate of drug-likeness (QED) is 0.520. The van der Waals surface area contributed by atoms with Gasteiger partial charge in [-0.1, -0.05) is 21.6 Å². The molecule has 0 amide bonds. The van der Waals surface area contributed by atoms with E-state index in [0.717, 1.165) is 17.9 Å². The van der Waals surface area contributed by atoms with E-state index < -0.39 is 0 Å². The van der Waals surface area contributed by atoms with Crippen LogP contribution in [-0.2, 0) is 0 Å². The van der Waals surface area contributed by atoms with E-state index in [9.17, 15) is 0 Å². The number of hydrogen-bond donors (Lipinski definition) is 3. The topological polar surface area (TPSA) is 81.3 Å². The summed E-state index contributed by atoms with van der Waals surface area (Å²) < 4.78 is 0. The number of rotatable bonds is 6. The third-order valence-corrected chi connectivity index (χ3v) is 6.29. The van der Waals surface area contributed by atoms with Crippen molar-refractivity contribution < 1.29 is 0 Å². The van der Waals surface area contributed by atoms with Gasteiger partial charge in [0.2, 0.25) is 0 Å². The smallest absolute Gasteiger partial charge is 0.0314 e. The van der Waals surface area contributed by atoms with E-state index in [4.69, 9.17) is 17.2 Å². The largest absolute Gasteiger partial charge is 0.399 e. The zero-order valence-corrected chi connectivity index (χ0v) is 16.2. The minimum Gasteiger partial charge on any atom is -0.399 e. The number of hydrogen-bond acceptors (Lipinski definition) is 6. The van der Waals surface area contributed by atoms with E-state index in [2.05, 4.69) is 4.90 Å². The van der Waals surface area contributed by atoms with Gasteiger partial charge in [0.1, 0.15) is 0 Å². The maximum atomic E-state index is 5.62. The molecular weight excluding hydrogens is 348 g/mol. The second-order valence-corrected chi connectivity index (χ2v) is 8.27. The van der Waals surface area contributed by atoms with Crippen LogP contribution in [0.2, 0.25) is 0 Å². The molecule has 0 bridgehead atoms. The summed E-state index contributed by atoms with van der Waals surface area (Å²) in [6.45, 7) is 4.67. The van der Waals surface area contributed by atoms with Gasteiger partial charge < -0.3 is 22.1 Å². The van der Waals surface area contributed by atoms with E-state index in [0.29, 0.717) is 0 Å². The van der Waals surface area contributed by atoms with Crippen LogP contribution < -0.4 is 17.2 Å². The molecule has 1 saturated heterocycles. The summed E-state index contributed by atoms with van der Waals surface area (Å²) in [5.74, 6) is 0. The predicted molar refractivity (Wildman–Crippen MR) is 113 cm³/mol. The normalized spacial score (nSPS) is 14.1. The molecule has 6 heteroatoms. The molecule has 2 aromatic carbocycles. The maximum absolute atomic E-state index is 5.62. The van der Waals surface area contributed by atoms with E-state index in [1.54, 1.807) is 21.6 Å². The fourth-order valence-corrected chi connectivity index (χ4v) is 4.39. The van der Waals surface area contributed by atoms with Crippen LogP contribution in [-0.4, -0.2) is 31.1 Å². The average Bonchev–Trinajstić information content (AvgIpc) is 3.15. The van der Waals surface area contributed by atoms with E-state index in [1.165, 1.54) is 48.7 Å². The highest BCUT2D eigenvalue weighted by molar-refractivity contribution is 8.76. The van der Waals surface area contributed by atoms with Gasteiger partial charge in [0.15, 0.2) is 0 Å². The molecule has 1 aliphatic heterocycles. The second kappa shape index (κ2) is 11.3. The van der Waals surface area contributed by atoms with Crippen molar-refractivity contribution >= 4 is 33.0 Å². The molecule has 136 valence electrons. The van der Waals surface area contributed by atoms with Crippen LogP contribution in [0.5, 0.6) is 0 Å². The molecule has 0 aromatic heterocycles. The molecule has 1 fully saturated rings. The maximum Gasteiger partial charge on any atom is 0.0314 e. The number of nitrogens with two attached hydrogens (primary N) is 3. The first kappa shape index (κ1) is 20.0. The van der Waals surface area contributed by atoms with Gasteiger partial charge in [-0.05, 0) is 94.0 Å². The molecule has 25 heavy (non-hydrogen) atoms. The van der Waals surface area contributed by atoms with Crippen LogP contribution in [0.1, 0.15) is 19.3 Å². The van der Waals surface area contributed by atoms with Crippen LogP contribution in [0.15, 0.2) is 58.3 Å². The average molecular weight is 377 g/mol. The van der Waals surface area contributed by atoms with Gasteiger partial charge >= 0.3 is 0 Å². The highest BCUT2D eigenvalue weighted by atomic mass is 33.1. The van der Waals surface area contributed by atoms with Crippen molar-refractivity contribution in [1.82, 2.24) is 4.90 Å². The molecule has 1 aliphatic rings. The summed E-state index contributed by atoms with van der Waals surface area (Å²) in [5, 5.41) is 0. The number of likely N-dealkylation sites (tertiary alicyclic amines) is 1. The van der Waals surface area contributed by atoms with Gasteiger partial charge in [0, 0.05) is 21.2 Å². The van der Waals surface area contributed by atoms with E-state index in [1.807, 2.05) is 48.5 Å². The zero-order valence-electron chi connectivity index (χ0n) is 14.6. The minimum atomic E-state index is 0.793. The van der Waals surface area contributed by atoms with Gasteiger partial charge in [0.05, 0.1) is 0 Å². The first-order chi connectivity index (χ1) is 12.2. The van der Waals surface area contributed by atoms with Crippen molar-refractivity contribution in [1.29, 1.82) is 0 Å². The lowest BCUT2D eigenvalue weighted by Gasteiger charge is -2.12. The Morgan fingerprint density at radius 2 is 1.20 bits per heavy atom. The third kappa shape index (κ3) is 8.05. The highest BCUT2D eigenvalue weighted by Crippen LogP contribution is 2.37. The standard InChI is InChI=1S/C12H12N2S2.C7H16N2/c13-9-1-5-11(6-2-9)15-16-12-7-3-10(14)4-8-12;8-4-3-7-9-5-1-2-6-9/h1-8H,13-14H2;1-8H2. The summed E-state index contributed by atoms with van der Waals surface area (Å²) in [7, 11) is 3.42. The fourth-order valence-electron chi connectivity index (χ4n) is 2.46. The Kier molecular flexibility index (Phi) is 9.04. The Bertz CT molecular complexity index is 550. The fraction of sp³-hybridized carbons (Fsp3) is 0.368. The van der Waals surface area contributed by atoms with Crippen molar-refractivity contribution in [2.45, 2.75) is 29.1 Å². The molecule has 0 saturated carbocycles. The van der Waals surface area contributed by atoms with Crippen molar-refractivity contribution in [3.05, 3.63) is 48.5 Å². The van der Waals surface area contributed by atoms with Crippen molar-refractivity contribution in [3.63, 3.8) is 0 Å². The molecule has 3 rings (SSSR count).